The third-order valence-electron chi connectivity index (χ3n) is 12.4. The minimum atomic E-state index is -0.791. The lowest BCUT2D eigenvalue weighted by Crippen LogP contribution is -2.30. The molecule has 6 heteroatoms. The van der Waals surface area contributed by atoms with Crippen molar-refractivity contribution in [3.63, 3.8) is 0 Å². The highest BCUT2D eigenvalue weighted by atomic mass is 16.6. The number of ether oxygens (including phenoxy) is 3. The van der Waals surface area contributed by atoms with Crippen LogP contribution in [0.1, 0.15) is 278 Å². The quantitative estimate of drug-likeness (QED) is 0.0262. The Morgan fingerprint density at radius 1 is 0.304 bits per heavy atom. The van der Waals surface area contributed by atoms with E-state index in [0.717, 1.165) is 122 Å². The minimum Gasteiger partial charge on any atom is -0.462 e. The summed E-state index contributed by atoms with van der Waals surface area (Å²) in [5.74, 6) is -0.913. The molecule has 0 saturated carbocycles. The standard InChI is InChI=1S/C63H108O6/c1-4-7-10-13-16-19-22-25-28-30-31-32-33-34-36-38-41-44-47-50-53-56-62(65)68-59-60(58-67-61(64)55-52-49-46-43-40-37-27-24-21-18-15-12-9-6-3)69-63(66)57-54-51-48-45-42-39-35-29-26-23-20-17-14-11-8-5-2/h7,10,16,19-20,23-25,27-29,31-32,35,60H,4-6,8-9,11-15,17-18,21-22,26,30,33-34,36-59H2,1-3H3/b10-7-,19-16-,23-20-,27-24-,28-25-,32-31-,35-29-. The van der Waals surface area contributed by atoms with Gasteiger partial charge in [-0.3, -0.25) is 14.4 Å². The van der Waals surface area contributed by atoms with Gasteiger partial charge in [0.2, 0.25) is 0 Å². The molecule has 0 fully saturated rings. The minimum absolute atomic E-state index is 0.0888. The van der Waals surface area contributed by atoms with Crippen molar-refractivity contribution in [3.8, 4) is 0 Å². The number of unbranched alkanes of at least 4 members (excludes halogenated alkanes) is 27. The Labute approximate surface area is 426 Å². The van der Waals surface area contributed by atoms with Crippen LogP contribution in [0.25, 0.3) is 0 Å². The molecule has 0 saturated heterocycles. The molecule has 0 bridgehead atoms. The summed E-state index contributed by atoms with van der Waals surface area (Å²) in [6.07, 6.45) is 74.2. The van der Waals surface area contributed by atoms with Crippen molar-refractivity contribution in [2.45, 2.75) is 284 Å². The zero-order chi connectivity index (χ0) is 50.0. The molecular weight excluding hydrogens is 853 g/mol. The van der Waals surface area contributed by atoms with Crippen LogP contribution < -0.4 is 0 Å². The molecule has 0 radical (unpaired) electrons. The summed E-state index contributed by atoms with van der Waals surface area (Å²) < 4.78 is 16.9. The number of esters is 3. The second kappa shape index (κ2) is 57.2. The van der Waals surface area contributed by atoms with Crippen molar-refractivity contribution in [1.29, 1.82) is 0 Å². The third kappa shape index (κ3) is 55.4. The van der Waals surface area contributed by atoms with Gasteiger partial charge in [-0.05, 0) is 116 Å². The van der Waals surface area contributed by atoms with E-state index < -0.39 is 6.10 Å². The molecule has 396 valence electrons. The van der Waals surface area contributed by atoms with Gasteiger partial charge in [0, 0.05) is 19.3 Å². The molecule has 0 aliphatic rings. The van der Waals surface area contributed by atoms with E-state index in [-0.39, 0.29) is 31.1 Å². The fourth-order valence-corrected chi connectivity index (χ4v) is 7.99. The van der Waals surface area contributed by atoms with Crippen LogP contribution in [-0.2, 0) is 28.6 Å². The SMILES string of the molecule is CC/C=C\C/C=C\C/C=C\C/C=C\CCCCCCCCCCC(=O)OCC(COC(=O)CCCCCCC/C=C\CCCCCCC)OC(=O)CCCCCCC/C=C\C/C=C\CCCCCC. The molecule has 0 spiro atoms. The van der Waals surface area contributed by atoms with Gasteiger partial charge in [0.25, 0.3) is 0 Å². The van der Waals surface area contributed by atoms with Gasteiger partial charge in [0.1, 0.15) is 13.2 Å². The van der Waals surface area contributed by atoms with Gasteiger partial charge in [-0.15, -0.1) is 0 Å². The van der Waals surface area contributed by atoms with Gasteiger partial charge in [0.15, 0.2) is 6.10 Å². The molecule has 0 aromatic heterocycles. The van der Waals surface area contributed by atoms with Crippen LogP contribution in [0.2, 0.25) is 0 Å². The predicted octanol–water partition coefficient (Wildman–Crippen LogP) is 19.5. The second-order valence-corrected chi connectivity index (χ2v) is 19.2. The van der Waals surface area contributed by atoms with Crippen molar-refractivity contribution in [1.82, 2.24) is 0 Å². The van der Waals surface area contributed by atoms with Crippen molar-refractivity contribution in [3.05, 3.63) is 85.1 Å². The van der Waals surface area contributed by atoms with Gasteiger partial charge >= 0.3 is 17.9 Å². The van der Waals surface area contributed by atoms with E-state index in [4.69, 9.17) is 14.2 Å². The largest absolute Gasteiger partial charge is 0.462 e. The first-order valence-electron chi connectivity index (χ1n) is 29.1. The molecule has 0 heterocycles. The van der Waals surface area contributed by atoms with E-state index in [0.29, 0.717) is 19.3 Å². The summed E-state index contributed by atoms with van der Waals surface area (Å²) in [6.45, 7) is 6.49. The average Bonchev–Trinajstić information content (AvgIpc) is 3.35. The number of hydrogen-bond acceptors (Lipinski definition) is 6. The number of carbonyl (C=O) groups excluding carboxylic acids is 3. The zero-order valence-corrected chi connectivity index (χ0v) is 45.3. The predicted molar refractivity (Wildman–Crippen MR) is 297 cm³/mol. The zero-order valence-electron chi connectivity index (χ0n) is 45.3. The first-order chi connectivity index (χ1) is 34.0. The van der Waals surface area contributed by atoms with E-state index in [9.17, 15) is 14.4 Å². The van der Waals surface area contributed by atoms with E-state index in [1.807, 2.05) is 0 Å². The van der Waals surface area contributed by atoms with Gasteiger partial charge in [-0.2, -0.15) is 0 Å². The lowest BCUT2D eigenvalue weighted by molar-refractivity contribution is -0.167. The fraction of sp³-hybridized carbons (Fsp3) is 0.730. The normalized spacial score (nSPS) is 12.7. The molecule has 69 heavy (non-hydrogen) atoms. The molecule has 0 amide bonds. The molecule has 0 rings (SSSR count). The summed E-state index contributed by atoms with van der Waals surface area (Å²) in [5, 5.41) is 0. The molecule has 6 nitrogen and oxygen atoms in total. The Balaban J connectivity index is 4.40. The molecule has 1 unspecified atom stereocenters. The summed E-state index contributed by atoms with van der Waals surface area (Å²) in [7, 11) is 0. The molecule has 0 N–H and O–H groups in total. The van der Waals surface area contributed by atoms with Crippen LogP contribution in [-0.4, -0.2) is 37.2 Å². The molecule has 1 atom stereocenters. The first kappa shape index (κ1) is 65.6. The molecule has 0 aliphatic heterocycles. The maximum absolute atomic E-state index is 12.9. The molecule has 0 aliphatic carbocycles. The smallest absolute Gasteiger partial charge is 0.306 e. The number of rotatable bonds is 52. The van der Waals surface area contributed by atoms with Crippen molar-refractivity contribution >= 4 is 17.9 Å². The molecule has 0 aromatic carbocycles. The van der Waals surface area contributed by atoms with Crippen LogP contribution in [0.3, 0.4) is 0 Å². The Morgan fingerprint density at radius 3 is 0.913 bits per heavy atom. The number of hydrogen-bond donors (Lipinski definition) is 0. The highest BCUT2D eigenvalue weighted by molar-refractivity contribution is 5.71. The maximum atomic E-state index is 12.9. The summed E-state index contributed by atoms with van der Waals surface area (Å²) in [5.41, 5.74) is 0. The van der Waals surface area contributed by atoms with Crippen molar-refractivity contribution in [2.24, 2.45) is 0 Å². The highest BCUT2D eigenvalue weighted by Gasteiger charge is 2.19. The lowest BCUT2D eigenvalue weighted by atomic mass is 10.1. The summed E-state index contributed by atoms with van der Waals surface area (Å²) >= 11 is 0. The summed E-state index contributed by atoms with van der Waals surface area (Å²) in [4.78, 5) is 38.2. The fourth-order valence-electron chi connectivity index (χ4n) is 7.99. The molecular formula is C63H108O6. The van der Waals surface area contributed by atoms with Gasteiger partial charge in [0.05, 0.1) is 0 Å². The van der Waals surface area contributed by atoms with E-state index >= 15 is 0 Å². The average molecular weight is 962 g/mol. The Hall–Kier alpha value is -3.41. The Bertz CT molecular complexity index is 1330. The first-order valence-corrected chi connectivity index (χ1v) is 29.1. The third-order valence-corrected chi connectivity index (χ3v) is 12.4. The van der Waals surface area contributed by atoms with Crippen LogP contribution in [0, 0.1) is 0 Å². The van der Waals surface area contributed by atoms with Crippen LogP contribution in [0.5, 0.6) is 0 Å². The summed E-state index contributed by atoms with van der Waals surface area (Å²) in [6, 6.07) is 0. The Morgan fingerprint density at radius 2 is 0.565 bits per heavy atom. The van der Waals surface area contributed by atoms with Crippen molar-refractivity contribution < 1.29 is 28.6 Å². The Kier molecular flexibility index (Phi) is 54.3. The number of carbonyl (C=O) groups is 3. The van der Waals surface area contributed by atoms with Crippen molar-refractivity contribution in [2.75, 3.05) is 13.2 Å². The monoisotopic (exact) mass is 961 g/mol. The van der Waals surface area contributed by atoms with E-state index in [2.05, 4.69) is 106 Å². The molecule has 0 aromatic rings. The second-order valence-electron chi connectivity index (χ2n) is 19.2. The number of allylic oxidation sites excluding steroid dienone is 14. The topological polar surface area (TPSA) is 78.9 Å². The van der Waals surface area contributed by atoms with Gasteiger partial charge < -0.3 is 14.2 Å². The van der Waals surface area contributed by atoms with E-state index in [1.165, 1.54) is 116 Å². The van der Waals surface area contributed by atoms with E-state index in [1.54, 1.807) is 0 Å². The van der Waals surface area contributed by atoms with Crippen LogP contribution in [0.4, 0.5) is 0 Å². The van der Waals surface area contributed by atoms with Crippen LogP contribution in [0.15, 0.2) is 85.1 Å². The van der Waals surface area contributed by atoms with Gasteiger partial charge in [-0.1, -0.05) is 228 Å². The lowest BCUT2D eigenvalue weighted by Gasteiger charge is -2.18. The highest BCUT2D eigenvalue weighted by Crippen LogP contribution is 2.15. The van der Waals surface area contributed by atoms with Gasteiger partial charge in [-0.25, -0.2) is 0 Å². The maximum Gasteiger partial charge on any atom is 0.306 e. The van der Waals surface area contributed by atoms with Crippen LogP contribution >= 0.6 is 0 Å².